The van der Waals surface area contributed by atoms with Crippen LogP contribution in [0.15, 0.2) is 0 Å². The van der Waals surface area contributed by atoms with Crippen LogP contribution in [0.1, 0.15) is 13.3 Å². The SMILES string of the molecule is CCC(CO)(CO)NC(=O)NC. The molecule has 5 nitrogen and oxygen atoms in total. The maximum atomic E-state index is 10.9. The number of urea groups is 1. The number of carbonyl (C=O) groups excluding carboxylic acids is 1. The molecule has 4 N–H and O–H groups in total. The molecule has 12 heavy (non-hydrogen) atoms. The lowest BCUT2D eigenvalue weighted by Gasteiger charge is -2.29. The van der Waals surface area contributed by atoms with E-state index in [4.69, 9.17) is 10.2 Å². The third kappa shape index (κ3) is 2.67. The highest BCUT2D eigenvalue weighted by molar-refractivity contribution is 5.74. The van der Waals surface area contributed by atoms with E-state index in [1.807, 2.05) is 0 Å². The van der Waals surface area contributed by atoms with E-state index < -0.39 is 11.6 Å². The minimum Gasteiger partial charge on any atom is -0.394 e. The van der Waals surface area contributed by atoms with Crippen molar-refractivity contribution in [2.45, 2.75) is 18.9 Å². The molecule has 0 heterocycles. The van der Waals surface area contributed by atoms with Crippen molar-refractivity contribution in [3.8, 4) is 0 Å². The van der Waals surface area contributed by atoms with Crippen LogP contribution < -0.4 is 10.6 Å². The molecule has 0 fully saturated rings. The fourth-order valence-electron chi connectivity index (χ4n) is 0.744. The lowest BCUT2D eigenvalue weighted by Crippen LogP contribution is -2.56. The molecule has 0 atom stereocenters. The summed E-state index contributed by atoms with van der Waals surface area (Å²) in [4.78, 5) is 10.9. The predicted octanol–water partition coefficient (Wildman–Crippen LogP) is -0.951. The zero-order valence-electron chi connectivity index (χ0n) is 7.42. The van der Waals surface area contributed by atoms with Crippen molar-refractivity contribution in [3.63, 3.8) is 0 Å². The number of aliphatic hydroxyl groups is 2. The summed E-state index contributed by atoms with van der Waals surface area (Å²) in [5.41, 5.74) is -0.903. The number of hydrogen-bond donors (Lipinski definition) is 4. The minimum atomic E-state index is -0.903. The quantitative estimate of drug-likeness (QED) is 0.445. The monoisotopic (exact) mass is 176 g/mol. The second-order valence-corrected chi connectivity index (χ2v) is 2.65. The summed E-state index contributed by atoms with van der Waals surface area (Å²) >= 11 is 0. The molecule has 0 unspecified atom stereocenters. The zero-order chi connectivity index (χ0) is 9.61. The molecule has 0 aromatic carbocycles. The van der Waals surface area contributed by atoms with Crippen molar-refractivity contribution < 1.29 is 15.0 Å². The number of nitrogens with one attached hydrogen (secondary N) is 2. The fourth-order valence-corrected chi connectivity index (χ4v) is 0.744. The Labute approximate surface area is 71.8 Å². The van der Waals surface area contributed by atoms with Crippen LogP contribution in [0.5, 0.6) is 0 Å². The Kier molecular flexibility index (Phi) is 4.61. The molecule has 0 bridgehead atoms. The second-order valence-electron chi connectivity index (χ2n) is 2.65. The molecule has 0 aromatic rings. The summed E-state index contributed by atoms with van der Waals surface area (Å²) in [7, 11) is 1.48. The smallest absolute Gasteiger partial charge is 0.315 e. The Balaban J connectivity index is 4.19. The highest BCUT2D eigenvalue weighted by atomic mass is 16.3. The molecule has 0 aliphatic carbocycles. The van der Waals surface area contributed by atoms with Gasteiger partial charge in [-0.2, -0.15) is 0 Å². The van der Waals surface area contributed by atoms with Crippen LogP contribution in [0.4, 0.5) is 4.79 Å². The number of carbonyl (C=O) groups is 1. The van der Waals surface area contributed by atoms with Crippen molar-refractivity contribution in [2.24, 2.45) is 0 Å². The van der Waals surface area contributed by atoms with Gasteiger partial charge in [-0.25, -0.2) is 4.79 Å². The van der Waals surface area contributed by atoms with Gasteiger partial charge in [-0.3, -0.25) is 0 Å². The zero-order valence-corrected chi connectivity index (χ0v) is 7.42. The topological polar surface area (TPSA) is 81.6 Å². The van der Waals surface area contributed by atoms with Gasteiger partial charge in [-0.1, -0.05) is 6.92 Å². The van der Waals surface area contributed by atoms with Crippen molar-refractivity contribution in [3.05, 3.63) is 0 Å². The van der Waals surface area contributed by atoms with Gasteiger partial charge in [0.2, 0.25) is 0 Å². The normalized spacial score (nSPS) is 11.0. The van der Waals surface area contributed by atoms with E-state index in [0.717, 1.165) is 0 Å². The Morgan fingerprint density at radius 2 is 1.92 bits per heavy atom. The van der Waals surface area contributed by atoms with Crippen LogP contribution in [-0.4, -0.2) is 42.0 Å². The van der Waals surface area contributed by atoms with Crippen LogP contribution >= 0.6 is 0 Å². The summed E-state index contributed by atoms with van der Waals surface area (Å²) in [5, 5.41) is 22.7. The molecule has 0 aliphatic heterocycles. The lowest BCUT2D eigenvalue weighted by atomic mass is 9.99. The van der Waals surface area contributed by atoms with Gasteiger partial charge in [-0.05, 0) is 6.42 Å². The maximum Gasteiger partial charge on any atom is 0.315 e. The number of hydrogen-bond acceptors (Lipinski definition) is 3. The van der Waals surface area contributed by atoms with Gasteiger partial charge < -0.3 is 20.8 Å². The van der Waals surface area contributed by atoms with Crippen molar-refractivity contribution in [1.29, 1.82) is 0 Å². The Hall–Kier alpha value is -0.810. The summed E-state index contributed by atoms with van der Waals surface area (Å²) in [6, 6.07) is -0.403. The van der Waals surface area contributed by atoms with Gasteiger partial charge in [0.15, 0.2) is 0 Å². The van der Waals surface area contributed by atoms with Gasteiger partial charge >= 0.3 is 6.03 Å². The molecular weight excluding hydrogens is 160 g/mol. The standard InChI is InChI=1S/C7H16N2O3/c1-3-7(4-10,5-11)9-6(12)8-2/h10-11H,3-5H2,1-2H3,(H2,8,9,12). The second kappa shape index (κ2) is 4.95. The van der Waals surface area contributed by atoms with Gasteiger partial charge in [0, 0.05) is 7.05 Å². The van der Waals surface area contributed by atoms with E-state index in [9.17, 15) is 4.79 Å². The van der Waals surface area contributed by atoms with Crippen LogP contribution in [-0.2, 0) is 0 Å². The molecule has 0 aromatic heterocycles. The highest BCUT2D eigenvalue weighted by Gasteiger charge is 2.27. The first-order valence-electron chi connectivity index (χ1n) is 3.85. The van der Waals surface area contributed by atoms with E-state index in [2.05, 4.69) is 10.6 Å². The van der Waals surface area contributed by atoms with Gasteiger partial charge in [0.05, 0.1) is 18.8 Å². The maximum absolute atomic E-state index is 10.9. The first-order chi connectivity index (χ1) is 5.64. The summed E-state index contributed by atoms with van der Waals surface area (Å²) in [6.07, 6.45) is 0.480. The van der Waals surface area contributed by atoms with Crippen molar-refractivity contribution in [1.82, 2.24) is 10.6 Å². The molecule has 0 saturated heterocycles. The average Bonchev–Trinajstić information content (AvgIpc) is 2.14. The Bertz CT molecular complexity index is 137. The Morgan fingerprint density at radius 1 is 1.42 bits per heavy atom. The molecular formula is C7H16N2O3. The molecule has 5 heteroatoms. The highest BCUT2D eigenvalue weighted by Crippen LogP contribution is 2.07. The summed E-state index contributed by atoms with van der Waals surface area (Å²) < 4.78 is 0. The van der Waals surface area contributed by atoms with E-state index in [0.29, 0.717) is 6.42 Å². The first-order valence-corrected chi connectivity index (χ1v) is 3.85. The van der Waals surface area contributed by atoms with Crippen LogP contribution in [0.25, 0.3) is 0 Å². The van der Waals surface area contributed by atoms with Gasteiger partial charge in [0.1, 0.15) is 0 Å². The van der Waals surface area contributed by atoms with Crippen molar-refractivity contribution >= 4 is 6.03 Å². The molecule has 0 rings (SSSR count). The number of aliphatic hydroxyl groups excluding tert-OH is 2. The van der Waals surface area contributed by atoms with Crippen LogP contribution in [0.3, 0.4) is 0 Å². The molecule has 0 saturated carbocycles. The Morgan fingerprint density at radius 3 is 2.17 bits per heavy atom. The largest absolute Gasteiger partial charge is 0.394 e. The van der Waals surface area contributed by atoms with E-state index >= 15 is 0 Å². The van der Waals surface area contributed by atoms with E-state index in [1.165, 1.54) is 7.05 Å². The van der Waals surface area contributed by atoms with Gasteiger partial charge in [0.25, 0.3) is 0 Å². The molecule has 0 aliphatic rings. The first kappa shape index (κ1) is 11.2. The number of rotatable bonds is 4. The summed E-state index contributed by atoms with van der Waals surface area (Å²) in [5.74, 6) is 0. The molecule has 0 spiro atoms. The molecule has 72 valence electrons. The van der Waals surface area contributed by atoms with Crippen LogP contribution in [0, 0.1) is 0 Å². The molecule has 2 amide bonds. The average molecular weight is 176 g/mol. The minimum absolute atomic E-state index is 0.270. The van der Waals surface area contributed by atoms with Crippen molar-refractivity contribution in [2.75, 3.05) is 20.3 Å². The van der Waals surface area contributed by atoms with E-state index in [-0.39, 0.29) is 13.2 Å². The third-order valence-corrected chi connectivity index (χ3v) is 1.89. The third-order valence-electron chi connectivity index (χ3n) is 1.89. The van der Waals surface area contributed by atoms with Gasteiger partial charge in [-0.15, -0.1) is 0 Å². The predicted molar refractivity (Wildman–Crippen MR) is 44.8 cm³/mol. The van der Waals surface area contributed by atoms with Crippen LogP contribution in [0.2, 0.25) is 0 Å². The molecule has 0 radical (unpaired) electrons. The fraction of sp³-hybridized carbons (Fsp3) is 0.857. The lowest BCUT2D eigenvalue weighted by molar-refractivity contribution is 0.0938. The number of amides is 2. The van der Waals surface area contributed by atoms with E-state index in [1.54, 1.807) is 6.92 Å². The summed E-state index contributed by atoms with van der Waals surface area (Å²) in [6.45, 7) is 1.24.